The van der Waals surface area contributed by atoms with Gasteiger partial charge >= 0.3 is 0 Å². The maximum absolute atomic E-state index is 9.26. The van der Waals surface area contributed by atoms with Gasteiger partial charge < -0.3 is 5.32 Å². The first-order chi connectivity index (χ1) is 9.45. The van der Waals surface area contributed by atoms with E-state index in [-0.39, 0.29) is 0 Å². The number of hydrogen-bond acceptors (Lipinski definition) is 5. The van der Waals surface area contributed by atoms with Crippen molar-refractivity contribution < 1.29 is 0 Å². The van der Waals surface area contributed by atoms with Gasteiger partial charge in [-0.1, -0.05) is 0 Å². The highest BCUT2D eigenvalue weighted by molar-refractivity contribution is 5.56. The Balaban J connectivity index is 2.28. The van der Waals surface area contributed by atoms with Gasteiger partial charge in [0.25, 0.3) is 0 Å². The summed E-state index contributed by atoms with van der Waals surface area (Å²) in [4.78, 5) is 0. The number of nitrogens with zero attached hydrogens (tertiary/aromatic N) is 5. The third kappa shape index (κ3) is 2.35. The van der Waals surface area contributed by atoms with Crippen molar-refractivity contribution in [3.05, 3.63) is 33.8 Å². The number of anilines is 1. The SMILES string of the molecule is Cc1nnc(NCc2c(C)nn(C)c2C)c(C#N)c1C. The zero-order valence-corrected chi connectivity index (χ0v) is 12.4. The van der Waals surface area contributed by atoms with Crippen LogP contribution in [0.5, 0.6) is 0 Å². The van der Waals surface area contributed by atoms with E-state index in [1.54, 1.807) is 0 Å². The van der Waals surface area contributed by atoms with Gasteiger partial charge in [-0.3, -0.25) is 4.68 Å². The monoisotopic (exact) mass is 270 g/mol. The first-order valence-corrected chi connectivity index (χ1v) is 6.42. The molecule has 2 rings (SSSR count). The Hall–Kier alpha value is -2.42. The van der Waals surface area contributed by atoms with E-state index in [4.69, 9.17) is 0 Å². The molecule has 0 aliphatic heterocycles. The molecule has 0 atom stereocenters. The summed E-state index contributed by atoms with van der Waals surface area (Å²) in [5, 5.41) is 25.0. The molecule has 0 fully saturated rings. The molecule has 0 spiro atoms. The van der Waals surface area contributed by atoms with Crippen LogP contribution in [0.15, 0.2) is 0 Å². The highest BCUT2D eigenvalue weighted by Crippen LogP contribution is 2.19. The summed E-state index contributed by atoms with van der Waals surface area (Å²) in [6.45, 7) is 8.31. The quantitative estimate of drug-likeness (QED) is 0.921. The van der Waals surface area contributed by atoms with Crippen LogP contribution in [-0.2, 0) is 13.6 Å². The van der Waals surface area contributed by atoms with Crippen molar-refractivity contribution in [2.45, 2.75) is 34.2 Å². The van der Waals surface area contributed by atoms with Gasteiger partial charge in [-0.05, 0) is 33.3 Å². The third-order valence-electron chi connectivity index (χ3n) is 3.66. The molecule has 0 radical (unpaired) electrons. The van der Waals surface area contributed by atoms with E-state index in [0.717, 1.165) is 28.2 Å². The maximum atomic E-state index is 9.26. The van der Waals surface area contributed by atoms with Gasteiger partial charge in [0.05, 0.1) is 11.4 Å². The van der Waals surface area contributed by atoms with E-state index in [9.17, 15) is 5.26 Å². The first kappa shape index (κ1) is 14.0. The summed E-state index contributed by atoms with van der Waals surface area (Å²) in [5.41, 5.74) is 5.40. The lowest BCUT2D eigenvalue weighted by atomic mass is 10.1. The predicted molar refractivity (Wildman–Crippen MR) is 76.2 cm³/mol. The average Bonchev–Trinajstić information content (AvgIpc) is 2.65. The van der Waals surface area contributed by atoms with E-state index in [2.05, 4.69) is 26.7 Å². The Labute approximate surface area is 118 Å². The van der Waals surface area contributed by atoms with Crippen LogP contribution in [0, 0.1) is 39.0 Å². The summed E-state index contributed by atoms with van der Waals surface area (Å²) in [7, 11) is 1.92. The Morgan fingerprint density at radius 2 is 1.85 bits per heavy atom. The zero-order valence-electron chi connectivity index (χ0n) is 12.4. The molecule has 104 valence electrons. The highest BCUT2D eigenvalue weighted by atomic mass is 15.3. The predicted octanol–water partition coefficient (Wildman–Crippen LogP) is 1.93. The van der Waals surface area contributed by atoms with Crippen molar-refractivity contribution in [1.29, 1.82) is 5.26 Å². The van der Waals surface area contributed by atoms with Gasteiger partial charge in [-0.2, -0.15) is 15.5 Å². The standard InChI is InChI=1S/C14H18N6/c1-8-9(2)17-18-14(12(8)6-15)16-7-13-10(3)19-20(5)11(13)4/h7H2,1-5H3,(H,16,18). The van der Waals surface area contributed by atoms with Crippen LogP contribution in [-0.4, -0.2) is 20.0 Å². The molecule has 1 N–H and O–H groups in total. The fourth-order valence-electron chi connectivity index (χ4n) is 2.11. The van der Waals surface area contributed by atoms with Crippen molar-refractivity contribution in [3.8, 4) is 6.07 Å². The largest absolute Gasteiger partial charge is 0.363 e. The fourth-order valence-corrected chi connectivity index (χ4v) is 2.11. The van der Waals surface area contributed by atoms with Crippen molar-refractivity contribution in [1.82, 2.24) is 20.0 Å². The molecule has 6 heteroatoms. The van der Waals surface area contributed by atoms with Gasteiger partial charge in [0, 0.05) is 24.8 Å². The van der Waals surface area contributed by atoms with Gasteiger partial charge in [0.1, 0.15) is 11.6 Å². The molecule has 20 heavy (non-hydrogen) atoms. The second-order valence-corrected chi connectivity index (χ2v) is 4.87. The molecule has 6 nitrogen and oxygen atoms in total. The molecular weight excluding hydrogens is 252 g/mol. The molecule has 2 heterocycles. The van der Waals surface area contributed by atoms with Gasteiger partial charge in [0.2, 0.25) is 0 Å². The Morgan fingerprint density at radius 1 is 1.15 bits per heavy atom. The minimum Gasteiger partial charge on any atom is -0.363 e. The Morgan fingerprint density at radius 3 is 2.40 bits per heavy atom. The molecule has 0 saturated heterocycles. The molecule has 2 aromatic heterocycles. The van der Waals surface area contributed by atoms with Crippen LogP contribution in [0.1, 0.15) is 33.8 Å². The van der Waals surface area contributed by atoms with E-state index in [1.165, 1.54) is 0 Å². The summed E-state index contributed by atoms with van der Waals surface area (Å²) in [6.07, 6.45) is 0. The minimum atomic E-state index is 0.526. The molecule has 2 aromatic rings. The fraction of sp³-hybridized carbons (Fsp3) is 0.429. The number of aromatic nitrogens is 4. The van der Waals surface area contributed by atoms with E-state index < -0.39 is 0 Å². The molecule has 0 unspecified atom stereocenters. The number of aryl methyl sites for hydroxylation is 3. The Bertz CT molecular complexity index is 693. The number of rotatable bonds is 3. The van der Waals surface area contributed by atoms with Crippen LogP contribution in [0.2, 0.25) is 0 Å². The lowest BCUT2D eigenvalue weighted by Gasteiger charge is -2.09. The highest BCUT2D eigenvalue weighted by Gasteiger charge is 2.13. The van der Waals surface area contributed by atoms with E-state index in [0.29, 0.717) is 17.9 Å². The summed E-state index contributed by atoms with van der Waals surface area (Å²) in [6, 6.07) is 2.19. The lowest BCUT2D eigenvalue weighted by molar-refractivity contribution is 0.730. The topological polar surface area (TPSA) is 79.4 Å². The van der Waals surface area contributed by atoms with Crippen molar-refractivity contribution in [2.75, 3.05) is 5.32 Å². The smallest absolute Gasteiger partial charge is 0.167 e. The molecule has 0 aliphatic rings. The lowest BCUT2D eigenvalue weighted by Crippen LogP contribution is -2.08. The average molecular weight is 270 g/mol. The zero-order chi connectivity index (χ0) is 14.9. The molecule has 0 aromatic carbocycles. The first-order valence-electron chi connectivity index (χ1n) is 6.42. The second-order valence-electron chi connectivity index (χ2n) is 4.87. The van der Waals surface area contributed by atoms with Crippen LogP contribution < -0.4 is 5.32 Å². The number of nitrogens with one attached hydrogen (secondary N) is 1. The molecule has 0 aliphatic carbocycles. The van der Waals surface area contributed by atoms with Crippen LogP contribution in [0.4, 0.5) is 5.82 Å². The maximum Gasteiger partial charge on any atom is 0.167 e. The third-order valence-corrected chi connectivity index (χ3v) is 3.66. The van der Waals surface area contributed by atoms with Gasteiger partial charge in [0.15, 0.2) is 5.82 Å². The number of hydrogen-bond donors (Lipinski definition) is 1. The van der Waals surface area contributed by atoms with Crippen molar-refractivity contribution >= 4 is 5.82 Å². The van der Waals surface area contributed by atoms with Crippen LogP contribution >= 0.6 is 0 Å². The number of nitriles is 1. The van der Waals surface area contributed by atoms with E-state index >= 15 is 0 Å². The molecule has 0 amide bonds. The second kappa shape index (κ2) is 5.29. The molecular formula is C14H18N6. The summed E-state index contributed by atoms with van der Waals surface area (Å²) < 4.78 is 1.85. The van der Waals surface area contributed by atoms with Crippen molar-refractivity contribution in [2.24, 2.45) is 7.05 Å². The molecule has 0 saturated carbocycles. The van der Waals surface area contributed by atoms with Crippen LogP contribution in [0.3, 0.4) is 0 Å². The Kier molecular flexibility index (Phi) is 3.70. The van der Waals surface area contributed by atoms with Gasteiger partial charge in [-0.15, -0.1) is 5.10 Å². The van der Waals surface area contributed by atoms with Crippen molar-refractivity contribution in [3.63, 3.8) is 0 Å². The molecule has 0 bridgehead atoms. The van der Waals surface area contributed by atoms with E-state index in [1.807, 2.05) is 39.4 Å². The summed E-state index contributed by atoms with van der Waals surface area (Å²) >= 11 is 0. The minimum absolute atomic E-state index is 0.526. The normalized spacial score (nSPS) is 10.4. The van der Waals surface area contributed by atoms with Crippen LogP contribution in [0.25, 0.3) is 0 Å². The summed E-state index contributed by atoms with van der Waals surface area (Å²) in [5.74, 6) is 0.526. The van der Waals surface area contributed by atoms with Gasteiger partial charge in [-0.25, -0.2) is 0 Å².